The van der Waals surface area contributed by atoms with Gasteiger partial charge in [-0.05, 0) is 43.5 Å². The smallest absolute Gasteiger partial charge is 0.241 e. The fourth-order valence-corrected chi connectivity index (χ4v) is 2.54. The standard InChI is InChI=1S/C13H16BrFN2O/c1-8-3-2-6-16-12(8)13(18)17-11-5-4-9(14)7-10(11)15/h4-5,7-8,12,16H,2-3,6H2,1H3,(H,17,18). The Labute approximate surface area is 114 Å². The first kappa shape index (κ1) is 13.5. The van der Waals surface area contributed by atoms with Crippen LogP contribution in [0.2, 0.25) is 0 Å². The van der Waals surface area contributed by atoms with E-state index in [0.717, 1.165) is 19.4 Å². The van der Waals surface area contributed by atoms with Crippen molar-refractivity contribution in [3.63, 3.8) is 0 Å². The molecule has 18 heavy (non-hydrogen) atoms. The van der Waals surface area contributed by atoms with E-state index in [-0.39, 0.29) is 23.6 Å². The van der Waals surface area contributed by atoms with Crippen molar-refractivity contribution in [2.75, 3.05) is 11.9 Å². The van der Waals surface area contributed by atoms with Gasteiger partial charge in [-0.1, -0.05) is 22.9 Å². The highest BCUT2D eigenvalue weighted by molar-refractivity contribution is 9.10. The molecule has 0 aliphatic carbocycles. The lowest BCUT2D eigenvalue weighted by molar-refractivity contribution is -0.119. The van der Waals surface area contributed by atoms with Gasteiger partial charge in [0.15, 0.2) is 0 Å². The van der Waals surface area contributed by atoms with E-state index in [1.54, 1.807) is 12.1 Å². The Morgan fingerprint density at radius 2 is 2.33 bits per heavy atom. The van der Waals surface area contributed by atoms with E-state index >= 15 is 0 Å². The lowest BCUT2D eigenvalue weighted by Crippen LogP contribution is -2.48. The number of piperidine rings is 1. The number of hydrogen-bond acceptors (Lipinski definition) is 2. The van der Waals surface area contributed by atoms with Gasteiger partial charge in [0, 0.05) is 4.47 Å². The number of amides is 1. The topological polar surface area (TPSA) is 41.1 Å². The molecule has 2 unspecified atom stereocenters. The van der Waals surface area contributed by atoms with Gasteiger partial charge >= 0.3 is 0 Å². The van der Waals surface area contributed by atoms with E-state index in [0.29, 0.717) is 4.47 Å². The van der Waals surface area contributed by atoms with Crippen molar-refractivity contribution < 1.29 is 9.18 Å². The van der Waals surface area contributed by atoms with Crippen molar-refractivity contribution in [2.45, 2.75) is 25.8 Å². The SMILES string of the molecule is CC1CCCNC1C(=O)Nc1ccc(Br)cc1F. The number of halogens is 2. The molecule has 3 nitrogen and oxygen atoms in total. The summed E-state index contributed by atoms with van der Waals surface area (Å²) < 4.78 is 14.3. The van der Waals surface area contributed by atoms with E-state index in [9.17, 15) is 9.18 Å². The average Bonchev–Trinajstić information content (AvgIpc) is 2.33. The summed E-state index contributed by atoms with van der Waals surface area (Å²) >= 11 is 3.18. The Bertz CT molecular complexity index is 453. The molecule has 1 fully saturated rings. The minimum atomic E-state index is -0.429. The van der Waals surface area contributed by atoms with Gasteiger partial charge in [0.2, 0.25) is 5.91 Å². The van der Waals surface area contributed by atoms with Crippen LogP contribution in [0.4, 0.5) is 10.1 Å². The molecule has 2 atom stereocenters. The summed E-state index contributed by atoms with van der Waals surface area (Å²) in [6, 6.07) is 4.37. The molecule has 1 saturated heterocycles. The molecule has 0 aromatic heterocycles. The van der Waals surface area contributed by atoms with Crippen LogP contribution in [0.3, 0.4) is 0 Å². The fourth-order valence-electron chi connectivity index (χ4n) is 2.20. The maximum atomic E-state index is 13.6. The normalized spacial score (nSPS) is 23.7. The summed E-state index contributed by atoms with van der Waals surface area (Å²) in [5, 5.41) is 5.82. The highest BCUT2D eigenvalue weighted by atomic mass is 79.9. The van der Waals surface area contributed by atoms with Gasteiger partial charge in [-0.3, -0.25) is 4.79 Å². The van der Waals surface area contributed by atoms with E-state index in [4.69, 9.17) is 0 Å². The van der Waals surface area contributed by atoms with Crippen LogP contribution in [0.5, 0.6) is 0 Å². The predicted octanol–water partition coefficient (Wildman–Crippen LogP) is 2.91. The van der Waals surface area contributed by atoms with Crippen molar-refractivity contribution >= 4 is 27.5 Å². The zero-order valence-electron chi connectivity index (χ0n) is 10.2. The molecular weight excluding hydrogens is 299 g/mol. The van der Waals surface area contributed by atoms with Crippen molar-refractivity contribution in [1.29, 1.82) is 0 Å². The van der Waals surface area contributed by atoms with Crippen LogP contribution in [0, 0.1) is 11.7 Å². The van der Waals surface area contributed by atoms with Crippen molar-refractivity contribution in [3.05, 3.63) is 28.5 Å². The second-order valence-corrected chi connectivity index (χ2v) is 5.58. The number of rotatable bonds is 2. The summed E-state index contributed by atoms with van der Waals surface area (Å²) in [6.45, 7) is 2.87. The molecule has 1 aromatic rings. The minimum absolute atomic E-state index is 0.163. The minimum Gasteiger partial charge on any atom is -0.322 e. The van der Waals surface area contributed by atoms with Gasteiger partial charge in [0.25, 0.3) is 0 Å². The van der Waals surface area contributed by atoms with Crippen LogP contribution in [0.15, 0.2) is 22.7 Å². The number of nitrogens with one attached hydrogen (secondary N) is 2. The number of carbonyl (C=O) groups excluding carboxylic acids is 1. The quantitative estimate of drug-likeness (QED) is 0.881. The largest absolute Gasteiger partial charge is 0.322 e. The number of benzene rings is 1. The molecule has 1 aromatic carbocycles. The average molecular weight is 315 g/mol. The monoisotopic (exact) mass is 314 g/mol. The van der Waals surface area contributed by atoms with Gasteiger partial charge in [0.1, 0.15) is 5.82 Å². The van der Waals surface area contributed by atoms with Crippen molar-refractivity contribution in [2.24, 2.45) is 5.92 Å². The Morgan fingerprint density at radius 3 is 3.00 bits per heavy atom. The number of anilines is 1. The van der Waals surface area contributed by atoms with Crippen molar-refractivity contribution in [1.82, 2.24) is 5.32 Å². The molecule has 0 spiro atoms. The summed E-state index contributed by atoms with van der Waals surface area (Å²) in [6.07, 6.45) is 2.10. The molecule has 1 amide bonds. The highest BCUT2D eigenvalue weighted by Crippen LogP contribution is 2.21. The van der Waals surface area contributed by atoms with Gasteiger partial charge in [-0.25, -0.2) is 4.39 Å². The molecule has 1 aliphatic rings. The maximum absolute atomic E-state index is 13.6. The second-order valence-electron chi connectivity index (χ2n) is 4.66. The summed E-state index contributed by atoms with van der Waals surface area (Å²) in [5.74, 6) is -0.318. The van der Waals surface area contributed by atoms with E-state index in [1.807, 2.05) is 6.92 Å². The Kier molecular flexibility index (Phi) is 4.35. The van der Waals surface area contributed by atoms with E-state index in [2.05, 4.69) is 26.6 Å². The van der Waals surface area contributed by atoms with Crippen LogP contribution in [0.1, 0.15) is 19.8 Å². The molecule has 98 valence electrons. The summed E-state index contributed by atoms with van der Waals surface area (Å²) in [4.78, 5) is 12.1. The Balaban J connectivity index is 2.06. The molecule has 5 heteroatoms. The zero-order valence-corrected chi connectivity index (χ0v) is 11.8. The molecule has 0 radical (unpaired) electrons. The first-order chi connectivity index (χ1) is 8.58. The molecule has 2 N–H and O–H groups in total. The van der Waals surface area contributed by atoms with Gasteiger partial charge in [0.05, 0.1) is 11.7 Å². The van der Waals surface area contributed by atoms with Crippen LogP contribution >= 0.6 is 15.9 Å². The summed E-state index contributed by atoms with van der Waals surface area (Å²) in [7, 11) is 0. The lowest BCUT2D eigenvalue weighted by Gasteiger charge is -2.28. The molecule has 1 aliphatic heterocycles. The second kappa shape index (κ2) is 5.80. The Morgan fingerprint density at radius 1 is 1.56 bits per heavy atom. The fraction of sp³-hybridized carbons (Fsp3) is 0.462. The third kappa shape index (κ3) is 3.09. The van der Waals surface area contributed by atoms with E-state index < -0.39 is 5.82 Å². The Hall–Kier alpha value is -0.940. The third-order valence-electron chi connectivity index (χ3n) is 3.24. The third-order valence-corrected chi connectivity index (χ3v) is 3.73. The molecular formula is C13H16BrFN2O. The molecule has 0 saturated carbocycles. The maximum Gasteiger partial charge on any atom is 0.241 e. The van der Waals surface area contributed by atoms with Gasteiger partial charge in [-0.15, -0.1) is 0 Å². The molecule has 0 bridgehead atoms. The predicted molar refractivity (Wildman–Crippen MR) is 72.9 cm³/mol. The lowest BCUT2D eigenvalue weighted by atomic mass is 9.92. The van der Waals surface area contributed by atoms with Crippen LogP contribution in [-0.2, 0) is 4.79 Å². The first-order valence-corrected chi connectivity index (χ1v) is 6.86. The van der Waals surface area contributed by atoms with Gasteiger partial charge in [-0.2, -0.15) is 0 Å². The van der Waals surface area contributed by atoms with Crippen LogP contribution in [0.25, 0.3) is 0 Å². The highest BCUT2D eigenvalue weighted by Gasteiger charge is 2.27. The van der Waals surface area contributed by atoms with Crippen LogP contribution in [-0.4, -0.2) is 18.5 Å². The molecule has 1 heterocycles. The molecule has 2 rings (SSSR count). The van der Waals surface area contributed by atoms with Crippen molar-refractivity contribution in [3.8, 4) is 0 Å². The number of carbonyl (C=O) groups is 1. The zero-order chi connectivity index (χ0) is 13.1. The van der Waals surface area contributed by atoms with Crippen LogP contribution < -0.4 is 10.6 Å². The number of hydrogen-bond donors (Lipinski definition) is 2. The first-order valence-electron chi connectivity index (χ1n) is 6.07. The van der Waals surface area contributed by atoms with Gasteiger partial charge < -0.3 is 10.6 Å². The summed E-state index contributed by atoms with van der Waals surface area (Å²) in [5.41, 5.74) is 0.225. The van der Waals surface area contributed by atoms with E-state index in [1.165, 1.54) is 6.07 Å².